The minimum atomic E-state index is 0.0879. The van der Waals surface area contributed by atoms with E-state index < -0.39 is 0 Å². The Hall–Kier alpha value is -1.08. The Bertz CT molecular complexity index is 410. The Labute approximate surface area is 94.3 Å². The molecule has 4 heteroatoms. The van der Waals surface area contributed by atoms with Crippen molar-refractivity contribution in [1.82, 2.24) is 4.37 Å². The van der Waals surface area contributed by atoms with Crippen LogP contribution in [-0.4, -0.2) is 9.91 Å². The molecular weight excluding hydrogens is 206 g/mol. The summed E-state index contributed by atoms with van der Waals surface area (Å²) in [5, 5.41) is 13.4. The summed E-state index contributed by atoms with van der Waals surface area (Å²) in [5.41, 5.74) is 1.62. The monoisotopic (exact) mass is 221 g/mol. The van der Waals surface area contributed by atoms with Gasteiger partial charge in [-0.3, -0.25) is 0 Å². The first-order valence-electron chi connectivity index (χ1n) is 5.19. The smallest absolute Gasteiger partial charge is 0.128 e. The van der Waals surface area contributed by atoms with Crippen molar-refractivity contribution in [3.63, 3.8) is 0 Å². The molecule has 0 atom stereocenters. The van der Waals surface area contributed by atoms with Crippen LogP contribution in [0.15, 0.2) is 0 Å². The van der Waals surface area contributed by atoms with E-state index in [1.165, 1.54) is 24.4 Å². The summed E-state index contributed by atoms with van der Waals surface area (Å²) in [7, 11) is 0. The van der Waals surface area contributed by atoms with Gasteiger partial charge in [-0.1, -0.05) is 0 Å². The van der Waals surface area contributed by atoms with Gasteiger partial charge >= 0.3 is 0 Å². The van der Waals surface area contributed by atoms with Gasteiger partial charge in [-0.15, -0.1) is 0 Å². The van der Waals surface area contributed by atoms with Gasteiger partial charge < -0.3 is 5.32 Å². The SMILES string of the molecule is Cc1nsc(NC(C)(C)C2CC2)c1C#N. The van der Waals surface area contributed by atoms with Crippen LogP contribution in [0.4, 0.5) is 5.00 Å². The van der Waals surface area contributed by atoms with Crippen LogP contribution < -0.4 is 5.32 Å². The third-order valence-electron chi connectivity index (χ3n) is 3.01. The van der Waals surface area contributed by atoms with E-state index in [0.29, 0.717) is 5.56 Å². The Morgan fingerprint density at radius 1 is 1.53 bits per heavy atom. The number of hydrogen-bond acceptors (Lipinski definition) is 4. The summed E-state index contributed by atoms with van der Waals surface area (Å²) >= 11 is 1.39. The first-order chi connectivity index (χ1) is 7.04. The minimum Gasteiger partial charge on any atom is -0.369 e. The Morgan fingerprint density at radius 2 is 2.20 bits per heavy atom. The molecular formula is C11H15N3S. The van der Waals surface area contributed by atoms with E-state index in [1.54, 1.807) is 0 Å². The first-order valence-corrected chi connectivity index (χ1v) is 5.96. The summed E-state index contributed by atoms with van der Waals surface area (Å²) in [6, 6.07) is 2.21. The molecule has 1 aliphatic carbocycles. The Kier molecular flexibility index (Phi) is 2.43. The van der Waals surface area contributed by atoms with Crippen molar-refractivity contribution in [3.05, 3.63) is 11.3 Å². The van der Waals surface area contributed by atoms with E-state index in [9.17, 15) is 0 Å². The maximum Gasteiger partial charge on any atom is 0.128 e. The van der Waals surface area contributed by atoms with Gasteiger partial charge in [-0.2, -0.15) is 9.64 Å². The molecule has 1 fully saturated rings. The van der Waals surface area contributed by atoms with Crippen molar-refractivity contribution in [3.8, 4) is 6.07 Å². The van der Waals surface area contributed by atoms with Crippen LogP contribution >= 0.6 is 11.5 Å². The molecule has 1 aromatic rings. The van der Waals surface area contributed by atoms with Crippen LogP contribution in [0.3, 0.4) is 0 Å². The van der Waals surface area contributed by atoms with Crippen LogP contribution in [0, 0.1) is 24.2 Å². The zero-order chi connectivity index (χ0) is 11.1. The highest BCUT2D eigenvalue weighted by atomic mass is 32.1. The number of hydrogen-bond donors (Lipinski definition) is 1. The van der Waals surface area contributed by atoms with Crippen molar-refractivity contribution in [1.29, 1.82) is 5.26 Å². The number of nitrogens with one attached hydrogen (secondary N) is 1. The first kappa shape index (κ1) is 10.4. The largest absolute Gasteiger partial charge is 0.369 e. The van der Waals surface area contributed by atoms with Gasteiger partial charge in [0, 0.05) is 5.54 Å². The van der Waals surface area contributed by atoms with Crippen LogP contribution in [0.25, 0.3) is 0 Å². The molecule has 1 N–H and O–H groups in total. The topological polar surface area (TPSA) is 48.7 Å². The lowest BCUT2D eigenvalue weighted by molar-refractivity contribution is 0.496. The second kappa shape index (κ2) is 3.49. The molecule has 0 radical (unpaired) electrons. The van der Waals surface area contributed by atoms with E-state index in [2.05, 4.69) is 29.6 Å². The molecule has 1 heterocycles. The second-order valence-corrected chi connectivity index (χ2v) is 5.48. The van der Waals surface area contributed by atoms with Gasteiger partial charge in [-0.25, -0.2) is 0 Å². The molecule has 0 bridgehead atoms. The average molecular weight is 221 g/mol. The molecule has 2 rings (SSSR count). The summed E-state index contributed by atoms with van der Waals surface area (Å²) in [4.78, 5) is 0. The zero-order valence-corrected chi connectivity index (χ0v) is 10.1. The predicted molar refractivity (Wildman–Crippen MR) is 62.0 cm³/mol. The van der Waals surface area contributed by atoms with Crippen molar-refractivity contribution in [2.75, 3.05) is 5.32 Å². The highest BCUT2D eigenvalue weighted by Crippen LogP contribution is 2.42. The number of nitriles is 1. The van der Waals surface area contributed by atoms with E-state index in [4.69, 9.17) is 5.26 Å². The lowest BCUT2D eigenvalue weighted by Gasteiger charge is -2.26. The van der Waals surface area contributed by atoms with Gasteiger partial charge in [0.15, 0.2) is 0 Å². The summed E-state index contributed by atoms with van der Waals surface area (Å²) in [6.45, 7) is 6.27. The molecule has 3 nitrogen and oxygen atoms in total. The molecule has 15 heavy (non-hydrogen) atoms. The summed E-state index contributed by atoms with van der Waals surface area (Å²) in [5.74, 6) is 0.742. The highest BCUT2D eigenvalue weighted by Gasteiger charge is 2.38. The van der Waals surface area contributed by atoms with E-state index >= 15 is 0 Å². The minimum absolute atomic E-state index is 0.0879. The number of aromatic nitrogens is 1. The van der Waals surface area contributed by atoms with Crippen molar-refractivity contribution in [2.45, 2.75) is 39.2 Å². The van der Waals surface area contributed by atoms with Crippen LogP contribution in [0.5, 0.6) is 0 Å². The third kappa shape index (κ3) is 1.98. The van der Waals surface area contributed by atoms with Gasteiger partial charge in [0.05, 0.1) is 5.69 Å². The summed E-state index contributed by atoms with van der Waals surface area (Å²) < 4.78 is 4.21. The molecule has 1 saturated carbocycles. The van der Waals surface area contributed by atoms with Crippen LogP contribution in [0.1, 0.15) is 37.9 Å². The fourth-order valence-electron chi connectivity index (χ4n) is 1.79. The van der Waals surface area contributed by atoms with Crippen LogP contribution in [-0.2, 0) is 0 Å². The van der Waals surface area contributed by atoms with Crippen molar-refractivity contribution in [2.24, 2.45) is 5.92 Å². The molecule has 1 aromatic heterocycles. The lowest BCUT2D eigenvalue weighted by atomic mass is 9.99. The Morgan fingerprint density at radius 3 is 2.73 bits per heavy atom. The molecule has 0 amide bonds. The molecule has 0 unspecified atom stereocenters. The fourth-order valence-corrected chi connectivity index (χ4v) is 2.70. The average Bonchev–Trinajstić information content (AvgIpc) is 2.94. The van der Waals surface area contributed by atoms with Gasteiger partial charge in [0.1, 0.15) is 16.6 Å². The van der Waals surface area contributed by atoms with Gasteiger partial charge in [0.25, 0.3) is 0 Å². The zero-order valence-electron chi connectivity index (χ0n) is 9.29. The van der Waals surface area contributed by atoms with E-state index in [1.807, 2.05) is 6.92 Å². The molecule has 0 saturated heterocycles. The van der Waals surface area contributed by atoms with Crippen molar-refractivity contribution < 1.29 is 0 Å². The third-order valence-corrected chi connectivity index (χ3v) is 3.86. The van der Waals surface area contributed by atoms with Crippen LogP contribution in [0.2, 0.25) is 0 Å². The standard InChI is InChI=1S/C11H15N3S/c1-7-9(6-12)10(15-14-7)13-11(2,3)8-4-5-8/h8,13H,4-5H2,1-3H3. The highest BCUT2D eigenvalue weighted by molar-refractivity contribution is 7.10. The molecule has 0 aliphatic heterocycles. The Balaban J connectivity index is 2.20. The number of nitrogens with zero attached hydrogens (tertiary/aromatic N) is 2. The number of aryl methyl sites for hydroxylation is 1. The predicted octanol–water partition coefficient (Wildman–Crippen LogP) is 2.92. The molecule has 0 spiro atoms. The summed E-state index contributed by atoms with van der Waals surface area (Å²) in [6.07, 6.45) is 2.58. The molecule has 1 aliphatic rings. The lowest BCUT2D eigenvalue weighted by Crippen LogP contribution is -2.33. The van der Waals surface area contributed by atoms with E-state index in [0.717, 1.165) is 16.6 Å². The quantitative estimate of drug-likeness (QED) is 0.853. The fraction of sp³-hybridized carbons (Fsp3) is 0.636. The normalized spacial score (nSPS) is 16.1. The van der Waals surface area contributed by atoms with Crippen molar-refractivity contribution >= 4 is 16.5 Å². The van der Waals surface area contributed by atoms with Gasteiger partial charge in [-0.05, 0) is 51.1 Å². The second-order valence-electron chi connectivity index (χ2n) is 4.70. The van der Waals surface area contributed by atoms with Gasteiger partial charge in [0.2, 0.25) is 0 Å². The van der Waals surface area contributed by atoms with E-state index in [-0.39, 0.29) is 5.54 Å². The molecule has 0 aromatic carbocycles. The molecule has 80 valence electrons. The number of anilines is 1. The number of rotatable bonds is 3. The maximum atomic E-state index is 9.02. The maximum absolute atomic E-state index is 9.02.